The van der Waals surface area contributed by atoms with Crippen LogP contribution in [0.15, 0.2) is 18.2 Å². The molecule has 3 heterocycles. The fourth-order valence-corrected chi connectivity index (χ4v) is 4.05. The Morgan fingerprint density at radius 2 is 1.96 bits per heavy atom. The van der Waals surface area contributed by atoms with Gasteiger partial charge in [-0.05, 0) is 49.9 Å². The summed E-state index contributed by atoms with van der Waals surface area (Å²) in [5.41, 5.74) is 2.25. The van der Waals surface area contributed by atoms with E-state index in [9.17, 15) is 9.59 Å². The average Bonchev–Trinajstić information content (AvgIpc) is 2.62. The van der Waals surface area contributed by atoms with Gasteiger partial charge in [0.05, 0.1) is 12.2 Å². The summed E-state index contributed by atoms with van der Waals surface area (Å²) in [4.78, 5) is 25.8. The Balaban J connectivity index is 1.65. The van der Waals surface area contributed by atoms with E-state index in [1.807, 2.05) is 6.07 Å². The van der Waals surface area contributed by atoms with Gasteiger partial charge in [0, 0.05) is 6.42 Å². The lowest BCUT2D eigenvalue weighted by Crippen LogP contribution is -2.54. The van der Waals surface area contributed by atoms with Gasteiger partial charge in [0.25, 0.3) is 0 Å². The van der Waals surface area contributed by atoms with Gasteiger partial charge in [0.1, 0.15) is 18.4 Å². The second kappa shape index (κ2) is 6.43. The van der Waals surface area contributed by atoms with Crippen molar-refractivity contribution in [3.63, 3.8) is 0 Å². The summed E-state index contributed by atoms with van der Waals surface area (Å²) in [6.07, 6.45) is 3.19. The smallest absolute Gasteiger partial charge is 0.249 e. The van der Waals surface area contributed by atoms with E-state index in [0.29, 0.717) is 31.9 Å². The van der Waals surface area contributed by atoms with Crippen LogP contribution in [0.25, 0.3) is 0 Å². The number of para-hydroxylation sites is 1. The number of amides is 2. The second-order valence-corrected chi connectivity index (χ2v) is 6.73. The van der Waals surface area contributed by atoms with Crippen molar-refractivity contribution in [2.45, 2.75) is 37.6 Å². The number of carbonyl (C=O) groups is 2. The van der Waals surface area contributed by atoms with Gasteiger partial charge in [-0.25, -0.2) is 0 Å². The SMILES string of the molecule is O=C1CC[C@@H](N2CCOc3c(C4CCNCC4)cccc32)C(=O)N1. The number of nitrogens with zero attached hydrogens (tertiary/aromatic N) is 1. The molecule has 24 heavy (non-hydrogen) atoms. The fraction of sp³-hybridized carbons (Fsp3) is 0.556. The van der Waals surface area contributed by atoms with Crippen LogP contribution in [0, 0.1) is 0 Å². The number of imide groups is 1. The van der Waals surface area contributed by atoms with Gasteiger partial charge in [0.15, 0.2) is 0 Å². The maximum absolute atomic E-state index is 12.3. The van der Waals surface area contributed by atoms with E-state index in [2.05, 4.69) is 27.7 Å². The highest BCUT2D eigenvalue weighted by Gasteiger charge is 2.35. The third-order valence-electron chi connectivity index (χ3n) is 5.28. The van der Waals surface area contributed by atoms with Crippen molar-refractivity contribution in [1.29, 1.82) is 0 Å². The molecule has 3 aliphatic heterocycles. The molecule has 1 aromatic rings. The topological polar surface area (TPSA) is 70.7 Å². The Labute approximate surface area is 141 Å². The van der Waals surface area contributed by atoms with Crippen LogP contribution in [-0.4, -0.2) is 44.1 Å². The largest absolute Gasteiger partial charge is 0.489 e. The van der Waals surface area contributed by atoms with E-state index in [1.54, 1.807) is 0 Å². The third-order valence-corrected chi connectivity index (χ3v) is 5.28. The minimum atomic E-state index is -0.284. The van der Waals surface area contributed by atoms with Crippen LogP contribution in [0.1, 0.15) is 37.2 Å². The van der Waals surface area contributed by atoms with Gasteiger partial charge < -0.3 is 15.0 Å². The van der Waals surface area contributed by atoms with Gasteiger partial charge in [-0.2, -0.15) is 0 Å². The Bertz CT molecular complexity index is 655. The summed E-state index contributed by atoms with van der Waals surface area (Å²) in [6, 6.07) is 5.96. The first kappa shape index (κ1) is 15.4. The van der Waals surface area contributed by atoms with Gasteiger partial charge in [0.2, 0.25) is 11.8 Å². The third kappa shape index (κ3) is 2.75. The van der Waals surface area contributed by atoms with E-state index in [4.69, 9.17) is 4.74 Å². The number of piperidine rings is 2. The van der Waals surface area contributed by atoms with Crippen molar-refractivity contribution < 1.29 is 14.3 Å². The molecule has 0 aromatic heterocycles. The normalized spacial score (nSPS) is 25.0. The molecule has 1 aromatic carbocycles. The molecule has 3 aliphatic rings. The minimum Gasteiger partial charge on any atom is -0.489 e. The van der Waals surface area contributed by atoms with Crippen molar-refractivity contribution in [3.8, 4) is 5.75 Å². The predicted octanol–water partition coefficient (Wildman–Crippen LogP) is 1.16. The molecule has 2 saturated heterocycles. The van der Waals surface area contributed by atoms with Crippen LogP contribution < -0.4 is 20.3 Å². The number of rotatable bonds is 2. The Morgan fingerprint density at radius 3 is 2.75 bits per heavy atom. The number of carbonyl (C=O) groups excluding carboxylic acids is 2. The molecule has 6 nitrogen and oxygen atoms in total. The highest BCUT2D eigenvalue weighted by Crippen LogP contribution is 2.42. The summed E-state index contributed by atoms with van der Waals surface area (Å²) in [6.45, 7) is 3.32. The van der Waals surface area contributed by atoms with Crippen molar-refractivity contribution in [1.82, 2.24) is 10.6 Å². The number of fused-ring (bicyclic) bond motifs is 1. The first-order valence-electron chi connectivity index (χ1n) is 8.81. The van der Waals surface area contributed by atoms with Gasteiger partial charge >= 0.3 is 0 Å². The molecule has 2 amide bonds. The van der Waals surface area contributed by atoms with Crippen molar-refractivity contribution >= 4 is 17.5 Å². The molecule has 2 N–H and O–H groups in total. The summed E-state index contributed by atoms with van der Waals surface area (Å²) < 4.78 is 6.02. The molecule has 0 aliphatic carbocycles. The maximum atomic E-state index is 12.3. The van der Waals surface area contributed by atoms with Crippen LogP contribution >= 0.6 is 0 Å². The van der Waals surface area contributed by atoms with Crippen LogP contribution in [0.2, 0.25) is 0 Å². The van der Waals surface area contributed by atoms with Crippen LogP contribution in [0.3, 0.4) is 0 Å². The first-order valence-corrected chi connectivity index (χ1v) is 8.81. The van der Waals surface area contributed by atoms with Crippen LogP contribution in [-0.2, 0) is 9.59 Å². The average molecular weight is 329 g/mol. The molecular weight excluding hydrogens is 306 g/mol. The van der Waals surface area contributed by atoms with Crippen molar-refractivity contribution in [2.75, 3.05) is 31.1 Å². The molecule has 0 bridgehead atoms. The molecule has 0 saturated carbocycles. The number of anilines is 1. The van der Waals surface area contributed by atoms with Gasteiger partial charge in [-0.1, -0.05) is 12.1 Å². The van der Waals surface area contributed by atoms with Gasteiger partial charge in [-0.3, -0.25) is 14.9 Å². The Hall–Kier alpha value is -2.08. The quantitative estimate of drug-likeness (QED) is 0.797. The highest BCUT2D eigenvalue weighted by atomic mass is 16.5. The minimum absolute atomic E-state index is 0.173. The Morgan fingerprint density at radius 1 is 1.12 bits per heavy atom. The molecular formula is C18H23N3O3. The predicted molar refractivity (Wildman–Crippen MR) is 90.3 cm³/mol. The lowest BCUT2D eigenvalue weighted by Gasteiger charge is -2.39. The fourth-order valence-electron chi connectivity index (χ4n) is 4.05. The number of ether oxygens (including phenoxy) is 1. The highest BCUT2D eigenvalue weighted by molar-refractivity contribution is 6.01. The monoisotopic (exact) mass is 329 g/mol. The lowest BCUT2D eigenvalue weighted by atomic mass is 9.88. The molecule has 0 spiro atoms. The maximum Gasteiger partial charge on any atom is 0.249 e. The molecule has 128 valence electrons. The van der Waals surface area contributed by atoms with E-state index >= 15 is 0 Å². The van der Waals surface area contributed by atoms with Crippen LogP contribution in [0.5, 0.6) is 5.75 Å². The van der Waals surface area contributed by atoms with E-state index in [1.165, 1.54) is 5.56 Å². The zero-order chi connectivity index (χ0) is 16.5. The Kier molecular flexibility index (Phi) is 4.14. The van der Waals surface area contributed by atoms with E-state index < -0.39 is 0 Å². The molecule has 2 fully saturated rings. The van der Waals surface area contributed by atoms with Gasteiger partial charge in [-0.15, -0.1) is 0 Å². The van der Waals surface area contributed by atoms with Crippen molar-refractivity contribution in [2.24, 2.45) is 0 Å². The summed E-state index contributed by atoms with van der Waals surface area (Å²) in [5.74, 6) is 1.07. The summed E-state index contributed by atoms with van der Waals surface area (Å²) in [5, 5.41) is 5.87. The first-order chi connectivity index (χ1) is 11.7. The molecule has 0 unspecified atom stereocenters. The summed E-state index contributed by atoms with van der Waals surface area (Å²) in [7, 11) is 0. The summed E-state index contributed by atoms with van der Waals surface area (Å²) >= 11 is 0. The number of hydrogen-bond acceptors (Lipinski definition) is 5. The lowest BCUT2D eigenvalue weighted by molar-refractivity contribution is -0.134. The number of benzene rings is 1. The zero-order valence-corrected chi connectivity index (χ0v) is 13.7. The zero-order valence-electron chi connectivity index (χ0n) is 13.7. The molecule has 0 radical (unpaired) electrons. The van der Waals surface area contributed by atoms with E-state index in [-0.39, 0.29) is 17.9 Å². The standard InChI is InChI=1S/C18H23N3O3/c22-16-5-4-15(18(23)20-16)21-10-11-24-17-13(2-1-3-14(17)21)12-6-8-19-9-7-12/h1-3,12,15,19H,4-11H2,(H,20,22,23)/t15-/m1/s1. The molecule has 1 atom stereocenters. The van der Waals surface area contributed by atoms with Crippen LogP contribution in [0.4, 0.5) is 5.69 Å². The number of hydrogen-bond donors (Lipinski definition) is 2. The molecule has 6 heteroatoms. The molecule has 4 rings (SSSR count). The number of nitrogens with one attached hydrogen (secondary N) is 2. The van der Waals surface area contributed by atoms with Crippen molar-refractivity contribution in [3.05, 3.63) is 23.8 Å². The van der Waals surface area contributed by atoms with E-state index in [0.717, 1.165) is 37.4 Å². The second-order valence-electron chi connectivity index (χ2n) is 6.73.